The molecule has 0 saturated carbocycles. The number of anilines is 1. The lowest BCUT2D eigenvalue weighted by Gasteiger charge is -2.41. The second-order valence-corrected chi connectivity index (χ2v) is 8.80. The molecule has 4 rings (SSSR count). The molecule has 1 aliphatic heterocycles. The number of nitrogens with one attached hydrogen (secondary N) is 2. The summed E-state index contributed by atoms with van der Waals surface area (Å²) < 4.78 is 1.71. The fourth-order valence-electron chi connectivity index (χ4n) is 3.73. The van der Waals surface area contributed by atoms with E-state index in [0.29, 0.717) is 31.4 Å². The topological polar surface area (TPSA) is 108 Å². The van der Waals surface area contributed by atoms with Gasteiger partial charge in [-0.3, -0.25) is 9.36 Å². The third kappa shape index (κ3) is 5.30. The van der Waals surface area contributed by atoms with Gasteiger partial charge in [-0.05, 0) is 30.9 Å². The molecular formula is C22H28N8O2S. The summed E-state index contributed by atoms with van der Waals surface area (Å²) in [5, 5.41) is 8.01. The van der Waals surface area contributed by atoms with Gasteiger partial charge in [-0.15, -0.1) is 11.3 Å². The third-order valence-electron chi connectivity index (χ3n) is 5.48. The van der Waals surface area contributed by atoms with Crippen molar-refractivity contribution < 1.29 is 9.59 Å². The molecule has 0 spiro atoms. The Balaban J connectivity index is 1.57. The number of imidazole rings is 1. The van der Waals surface area contributed by atoms with Gasteiger partial charge in [0.25, 0.3) is 0 Å². The number of amides is 3. The number of urea groups is 1. The molecule has 0 radical (unpaired) electrons. The smallest absolute Gasteiger partial charge is 0.317 e. The van der Waals surface area contributed by atoms with Crippen LogP contribution in [0.1, 0.15) is 31.2 Å². The van der Waals surface area contributed by atoms with Gasteiger partial charge in [0.05, 0.1) is 12.6 Å². The van der Waals surface area contributed by atoms with Crippen molar-refractivity contribution in [2.45, 2.75) is 32.4 Å². The molecule has 0 bridgehead atoms. The highest BCUT2D eigenvalue weighted by Crippen LogP contribution is 2.22. The predicted molar refractivity (Wildman–Crippen MR) is 126 cm³/mol. The van der Waals surface area contributed by atoms with Gasteiger partial charge in [0.15, 0.2) is 0 Å². The maximum absolute atomic E-state index is 13.4. The van der Waals surface area contributed by atoms with E-state index in [1.165, 1.54) is 0 Å². The Bertz CT molecular complexity index is 1060. The largest absolute Gasteiger partial charge is 0.347 e. The van der Waals surface area contributed by atoms with Gasteiger partial charge < -0.3 is 20.4 Å². The molecule has 11 heteroatoms. The zero-order valence-corrected chi connectivity index (χ0v) is 19.5. The summed E-state index contributed by atoms with van der Waals surface area (Å²) in [5.41, 5.74) is 0. The molecule has 33 heavy (non-hydrogen) atoms. The molecular weight excluding hydrogens is 440 g/mol. The first-order chi connectivity index (χ1) is 16.1. The summed E-state index contributed by atoms with van der Waals surface area (Å²) >= 11 is 1.60. The van der Waals surface area contributed by atoms with Crippen molar-refractivity contribution in [1.82, 2.24) is 35.1 Å². The van der Waals surface area contributed by atoms with Crippen LogP contribution in [0.2, 0.25) is 0 Å². The van der Waals surface area contributed by atoms with Crippen LogP contribution in [0.4, 0.5) is 10.6 Å². The molecule has 3 aromatic rings. The predicted octanol–water partition coefficient (Wildman–Crippen LogP) is 2.21. The quantitative estimate of drug-likeness (QED) is 0.550. The maximum Gasteiger partial charge on any atom is 0.317 e. The van der Waals surface area contributed by atoms with Crippen molar-refractivity contribution in [3.63, 3.8) is 0 Å². The van der Waals surface area contributed by atoms with Crippen LogP contribution in [-0.2, 0) is 4.79 Å². The Hall–Kier alpha value is -3.47. The van der Waals surface area contributed by atoms with Crippen molar-refractivity contribution in [2.24, 2.45) is 0 Å². The van der Waals surface area contributed by atoms with E-state index in [1.807, 2.05) is 36.3 Å². The number of rotatable bonds is 7. The summed E-state index contributed by atoms with van der Waals surface area (Å²) in [6.45, 7) is 5.81. The number of carbonyl (C=O) groups is 2. The first-order valence-corrected chi connectivity index (χ1v) is 11.9. The second kappa shape index (κ2) is 10.4. The molecule has 0 aliphatic carbocycles. The molecule has 2 unspecified atom stereocenters. The van der Waals surface area contributed by atoms with Gasteiger partial charge in [-0.1, -0.05) is 13.0 Å². The van der Waals surface area contributed by atoms with Crippen LogP contribution in [0.3, 0.4) is 0 Å². The number of aromatic nitrogens is 4. The van der Waals surface area contributed by atoms with Crippen molar-refractivity contribution in [3.8, 4) is 5.95 Å². The molecule has 1 fully saturated rings. The van der Waals surface area contributed by atoms with Gasteiger partial charge in [0.2, 0.25) is 11.9 Å². The molecule has 3 amide bonds. The Morgan fingerprint density at radius 2 is 2.15 bits per heavy atom. The Morgan fingerprint density at radius 1 is 1.27 bits per heavy atom. The molecule has 2 atom stereocenters. The molecule has 174 valence electrons. The fourth-order valence-corrected chi connectivity index (χ4v) is 4.46. The van der Waals surface area contributed by atoms with Crippen molar-refractivity contribution in [2.75, 3.05) is 31.1 Å². The SMILES string of the molecule is CCCNC(=O)N1CCN(c2ccnc(-n3ccnc3)n2)C(C(=O)NC(C)c2cccs2)C1. The van der Waals surface area contributed by atoms with Crippen LogP contribution in [0.5, 0.6) is 0 Å². The Labute approximate surface area is 196 Å². The minimum absolute atomic E-state index is 0.129. The molecule has 1 saturated heterocycles. The minimum atomic E-state index is -0.584. The van der Waals surface area contributed by atoms with E-state index in [0.717, 1.165) is 11.3 Å². The fraction of sp³-hybridized carbons (Fsp3) is 0.409. The van der Waals surface area contributed by atoms with Gasteiger partial charge >= 0.3 is 6.03 Å². The maximum atomic E-state index is 13.4. The van der Waals surface area contributed by atoms with Crippen LogP contribution in [0, 0.1) is 0 Å². The van der Waals surface area contributed by atoms with E-state index in [4.69, 9.17) is 0 Å². The van der Waals surface area contributed by atoms with Crippen molar-refractivity contribution >= 4 is 29.1 Å². The number of carbonyl (C=O) groups excluding carboxylic acids is 2. The molecule has 3 aromatic heterocycles. The van der Waals surface area contributed by atoms with Gasteiger partial charge in [0.1, 0.15) is 18.2 Å². The number of hydrogen-bond donors (Lipinski definition) is 2. The van der Waals surface area contributed by atoms with E-state index >= 15 is 0 Å². The van der Waals surface area contributed by atoms with E-state index in [1.54, 1.807) is 51.8 Å². The average molecular weight is 469 g/mol. The van der Waals surface area contributed by atoms with Gasteiger partial charge in [-0.2, -0.15) is 4.98 Å². The van der Waals surface area contributed by atoms with Crippen molar-refractivity contribution in [1.29, 1.82) is 0 Å². The number of hydrogen-bond acceptors (Lipinski definition) is 7. The van der Waals surface area contributed by atoms with E-state index < -0.39 is 6.04 Å². The summed E-state index contributed by atoms with van der Waals surface area (Å²) in [4.78, 5) is 43.8. The second-order valence-electron chi connectivity index (χ2n) is 7.82. The highest BCUT2D eigenvalue weighted by Gasteiger charge is 2.36. The van der Waals surface area contributed by atoms with Gasteiger partial charge in [0, 0.05) is 43.1 Å². The first-order valence-electron chi connectivity index (χ1n) is 11.0. The zero-order chi connectivity index (χ0) is 23.2. The summed E-state index contributed by atoms with van der Waals surface area (Å²) in [6.07, 6.45) is 7.57. The normalized spacial score (nSPS) is 17.0. The summed E-state index contributed by atoms with van der Waals surface area (Å²) in [6, 6.07) is 4.89. The van der Waals surface area contributed by atoms with Gasteiger partial charge in [-0.25, -0.2) is 14.8 Å². The number of piperazine rings is 1. The standard InChI is InChI=1S/C22H28N8O2S/c1-3-7-25-22(32)28-11-12-30(19-6-8-24-21(27-19)29-10-9-23-15-29)17(14-28)20(31)26-16(2)18-5-4-13-33-18/h4-6,8-10,13,15-17H,3,7,11-12,14H2,1-2H3,(H,25,32)(H,26,31). The lowest BCUT2D eigenvalue weighted by molar-refractivity contribution is -0.123. The third-order valence-corrected chi connectivity index (χ3v) is 6.54. The van der Waals surface area contributed by atoms with E-state index in [-0.39, 0.29) is 24.5 Å². The van der Waals surface area contributed by atoms with E-state index in [9.17, 15) is 9.59 Å². The van der Waals surface area contributed by atoms with Crippen molar-refractivity contribution in [3.05, 3.63) is 53.4 Å². The molecule has 1 aliphatic rings. The highest BCUT2D eigenvalue weighted by atomic mass is 32.1. The Kier molecular flexibility index (Phi) is 7.18. The van der Waals surface area contributed by atoms with Crippen LogP contribution >= 0.6 is 11.3 Å². The Morgan fingerprint density at radius 3 is 2.88 bits per heavy atom. The molecule has 10 nitrogen and oxygen atoms in total. The lowest BCUT2D eigenvalue weighted by atomic mass is 10.1. The van der Waals surface area contributed by atoms with Crippen LogP contribution in [0.15, 0.2) is 48.5 Å². The molecule has 2 N–H and O–H groups in total. The summed E-state index contributed by atoms with van der Waals surface area (Å²) in [5.74, 6) is 0.956. The zero-order valence-electron chi connectivity index (χ0n) is 18.7. The lowest BCUT2D eigenvalue weighted by Crippen LogP contribution is -2.62. The number of thiophene rings is 1. The number of nitrogens with zero attached hydrogens (tertiary/aromatic N) is 6. The van der Waals surface area contributed by atoms with Crippen LogP contribution in [-0.4, -0.2) is 68.6 Å². The minimum Gasteiger partial charge on any atom is -0.347 e. The molecule has 4 heterocycles. The van der Waals surface area contributed by atoms with Crippen LogP contribution < -0.4 is 15.5 Å². The summed E-state index contributed by atoms with van der Waals surface area (Å²) in [7, 11) is 0. The first kappa shape index (κ1) is 22.7. The monoisotopic (exact) mass is 468 g/mol. The van der Waals surface area contributed by atoms with Crippen LogP contribution in [0.25, 0.3) is 5.95 Å². The average Bonchev–Trinajstić information content (AvgIpc) is 3.57. The molecule has 0 aromatic carbocycles. The van der Waals surface area contributed by atoms with E-state index in [2.05, 4.69) is 25.6 Å². The highest BCUT2D eigenvalue weighted by molar-refractivity contribution is 7.10.